The van der Waals surface area contributed by atoms with Crippen LogP contribution in [0.5, 0.6) is 0 Å². The van der Waals surface area contributed by atoms with Gasteiger partial charge in [0.2, 0.25) is 0 Å². The molecule has 0 bridgehead atoms. The van der Waals surface area contributed by atoms with Crippen molar-refractivity contribution < 1.29 is 4.74 Å². The van der Waals surface area contributed by atoms with Crippen LogP contribution in [0, 0.1) is 6.92 Å². The van der Waals surface area contributed by atoms with E-state index in [0.717, 1.165) is 26.3 Å². The Kier molecular flexibility index (Phi) is 9.54. The Bertz CT molecular complexity index is 338. The van der Waals surface area contributed by atoms with Crippen molar-refractivity contribution in [2.45, 2.75) is 54.2 Å². The molecule has 0 aliphatic carbocycles. The summed E-state index contributed by atoms with van der Waals surface area (Å²) in [5.41, 5.74) is 2.56. The van der Waals surface area contributed by atoms with Gasteiger partial charge in [-0.1, -0.05) is 51.1 Å². The second kappa shape index (κ2) is 9.99. The lowest BCUT2D eigenvalue weighted by atomic mass is 10.1. The van der Waals surface area contributed by atoms with Gasteiger partial charge in [-0.3, -0.25) is 4.90 Å². The minimum absolute atomic E-state index is 0. The Morgan fingerprint density at radius 2 is 2.00 bits per heavy atom. The van der Waals surface area contributed by atoms with Gasteiger partial charge in [0.05, 0.1) is 13.2 Å². The molecule has 2 heteroatoms. The van der Waals surface area contributed by atoms with Crippen LogP contribution >= 0.6 is 0 Å². The molecule has 0 saturated carbocycles. The summed E-state index contributed by atoms with van der Waals surface area (Å²) in [6, 6.07) is 9.17. The van der Waals surface area contributed by atoms with E-state index >= 15 is 0 Å². The summed E-state index contributed by atoms with van der Waals surface area (Å²) in [4.78, 5) is 2.47. The quantitative estimate of drug-likeness (QED) is 0.651. The van der Waals surface area contributed by atoms with Crippen LogP contribution in [0.15, 0.2) is 24.3 Å². The Balaban J connectivity index is 0.00000324. The topological polar surface area (TPSA) is 12.5 Å². The fraction of sp³-hybridized carbons (Fsp3) is 0.647. The minimum Gasteiger partial charge on any atom is -0.375 e. The third kappa shape index (κ3) is 6.74. The molecule has 0 spiro atoms. The van der Waals surface area contributed by atoms with Crippen molar-refractivity contribution in [2.75, 3.05) is 19.7 Å². The number of nitrogens with zero attached hydrogens (tertiary/aromatic N) is 1. The second-order valence-corrected chi connectivity index (χ2v) is 4.93. The molecule has 0 amide bonds. The predicted octanol–water partition coefficient (Wildman–Crippen LogP) is 4.27. The zero-order chi connectivity index (χ0) is 13.4. The maximum Gasteiger partial charge on any atom is 0.0717 e. The molecule has 1 rings (SSSR count). The van der Waals surface area contributed by atoms with Crippen molar-refractivity contribution in [3.8, 4) is 0 Å². The van der Waals surface area contributed by atoms with Gasteiger partial charge in [-0.2, -0.15) is 0 Å². The molecule has 0 aliphatic rings. The third-order valence-corrected chi connectivity index (χ3v) is 3.49. The van der Waals surface area contributed by atoms with Crippen LogP contribution in [0.4, 0.5) is 0 Å². The summed E-state index contributed by atoms with van der Waals surface area (Å²) in [7, 11) is 0. The van der Waals surface area contributed by atoms with Crippen LogP contribution in [0.3, 0.4) is 0 Å². The van der Waals surface area contributed by atoms with E-state index in [1.807, 2.05) is 0 Å². The Labute approximate surface area is 119 Å². The average molecular weight is 265 g/mol. The summed E-state index contributed by atoms with van der Waals surface area (Å²) >= 11 is 0. The van der Waals surface area contributed by atoms with E-state index < -0.39 is 0 Å². The number of rotatable bonds is 8. The van der Waals surface area contributed by atoms with Gasteiger partial charge >= 0.3 is 0 Å². The normalized spacial score (nSPS) is 12.3. The van der Waals surface area contributed by atoms with Gasteiger partial charge in [0.1, 0.15) is 0 Å². The highest BCUT2D eigenvalue weighted by Gasteiger charge is 2.08. The van der Waals surface area contributed by atoms with Gasteiger partial charge in [0, 0.05) is 12.6 Å². The van der Waals surface area contributed by atoms with Gasteiger partial charge < -0.3 is 4.74 Å². The largest absolute Gasteiger partial charge is 0.375 e. The molecular weight excluding hydrogens is 234 g/mol. The van der Waals surface area contributed by atoms with Crippen LogP contribution in [0.25, 0.3) is 0 Å². The Morgan fingerprint density at radius 3 is 2.58 bits per heavy atom. The standard InChI is InChI=1S/C16H27NO.CH4/c1-5-15(4)17(6-2)10-11-18-13-16-9-7-8-14(3)12-16;/h7-9,12,15H,5-6,10-11,13H2,1-4H3;1H4. The third-order valence-electron chi connectivity index (χ3n) is 3.49. The molecule has 1 aromatic carbocycles. The molecule has 19 heavy (non-hydrogen) atoms. The van der Waals surface area contributed by atoms with Crippen molar-refractivity contribution in [1.29, 1.82) is 0 Å². The molecule has 0 fully saturated rings. The van der Waals surface area contributed by atoms with E-state index in [2.05, 4.69) is 56.9 Å². The monoisotopic (exact) mass is 265 g/mol. The van der Waals surface area contributed by atoms with Crippen LogP contribution in [0.1, 0.15) is 45.7 Å². The molecule has 1 unspecified atom stereocenters. The Morgan fingerprint density at radius 1 is 1.26 bits per heavy atom. The number of hydrogen-bond donors (Lipinski definition) is 0. The smallest absolute Gasteiger partial charge is 0.0717 e. The lowest BCUT2D eigenvalue weighted by Crippen LogP contribution is -2.35. The number of hydrogen-bond acceptors (Lipinski definition) is 2. The highest BCUT2D eigenvalue weighted by atomic mass is 16.5. The number of likely N-dealkylation sites (N-methyl/N-ethyl adjacent to an activating group) is 1. The van der Waals surface area contributed by atoms with Crippen LogP contribution in [-0.2, 0) is 11.3 Å². The van der Waals surface area contributed by atoms with E-state index in [9.17, 15) is 0 Å². The van der Waals surface area contributed by atoms with E-state index in [1.54, 1.807) is 0 Å². The molecule has 1 atom stereocenters. The molecule has 1 aromatic rings. The maximum atomic E-state index is 5.76. The lowest BCUT2D eigenvalue weighted by Gasteiger charge is -2.26. The molecule has 0 aliphatic heterocycles. The summed E-state index contributed by atoms with van der Waals surface area (Å²) in [6.07, 6.45) is 1.20. The van der Waals surface area contributed by atoms with Gasteiger partial charge in [0.15, 0.2) is 0 Å². The van der Waals surface area contributed by atoms with E-state index in [-0.39, 0.29) is 7.43 Å². The zero-order valence-corrected chi connectivity index (χ0v) is 12.3. The molecule has 0 heterocycles. The van der Waals surface area contributed by atoms with Crippen molar-refractivity contribution in [3.05, 3.63) is 35.4 Å². The molecule has 110 valence electrons. The van der Waals surface area contributed by atoms with Gasteiger partial charge in [-0.15, -0.1) is 0 Å². The first-order valence-corrected chi connectivity index (χ1v) is 7.04. The second-order valence-electron chi connectivity index (χ2n) is 4.93. The van der Waals surface area contributed by atoms with Crippen molar-refractivity contribution >= 4 is 0 Å². The van der Waals surface area contributed by atoms with Gasteiger partial charge in [0.25, 0.3) is 0 Å². The van der Waals surface area contributed by atoms with Gasteiger partial charge in [-0.25, -0.2) is 0 Å². The Hall–Kier alpha value is -0.860. The van der Waals surface area contributed by atoms with Crippen LogP contribution < -0.4 is 0 Å². The summed E-state index contributed by atoms with van der Waals surface area (Å²) in [5, 5.41) is 0. The van der Waals surface area contributed by atoms with Crippen molar-refractivity contribution in [3.63, 3.8) is 0 Å². The van der Waals surface area contributed by atoms with Crippen molar-refractivity contribution in [2.24, 2.45) is 0 Å². The lowest BCUT2D eigenvalue weighted by molar-refractivity contribution is 0.0815. The summed E-state index contributed by atoms with van der Waals surface area (Å²) in [6.45, 7) is 12.5. The minimum atomic E-state index is 0. The number of ether oxygens (including phenoxy) is 1. The van der Waals surface area contributed by atoms with E-state index in [4.69, 9.17) is 4.74 Å². The molecule has 2 nitrogen and oxygen atoms in total. The van der Waals surface area contributed by atoms with Gasteiger partial charge in [-0.05, 0) is 32.4 Å². The molecular formula is C17H31NO. The number of benzene rings is 1. The van der Waals surface area contributed by atoms with E-state index in [1.165, 1.54) is 17.5 Å². The number of aryl methyl sites for hydroxylation is 1. The van der Waals surface area contributed by atoms with Crippen LogP contribution in [-0.4, -0.2) is 30.6 Å². The predicted molar refractivity (Wildman–Crippen MR) is 84.6 cm³/mol. The fourth-order valence-electron chi connectivity index (χ4n) is 2.12. The molecule has 0 aromatic heterocycles. The highest BCUT2D eigenvalue weighted by Crippen LogP contribution is 2.06. The fourth-order valence-corrected chi connectivity index (χ4v) is 2.12. The summed E-state index contributed by atoms with van der Waals surface area (Å²) in [5.74, 6) is 0. The van der Waals surface area contributed by atoms with E-state index in [0.29, 0.717) is 6.04 Å². The average Bonchev–Trinajstić information content (AvgIpc) is 2.38. The SMILES string of the molecule is C.CCC(C)N(CC)CCOCc1cccc(C)c1. The van der Waals surface area contributed by atoms with Crippen LogP contribution in [0.2, 0.25) is 0 Å². The summed E-state index contributed by atoms with van der Waals surface area (Å²) < 4.78 is 5.76. The maximum absolute atomic E-state index is 5.76. The van der Waals surface area contributed by atoms with Crippen molar-refractivity contribution in [1.82, 2.24) is 4.90 Å². The highest BCUT2D eigenvalue weighted by molar-refractivity contribution is 5.21. The zero-order valence-electron chi connectivity index (χ0n) is 12.3. The first kappa shape index (κ1) is 18.1. The molecule has 0 N–H and O–H groups in total. The molecule has 0 saturated heterocycles. The first-order chi connectivity index (χ1) is 8.67. The first-order valence-electron chi connectivity index (χ1n) is 7.04. The molecule has 0 radical (unpaired) electrons.